The number of carbonyl (C=O) groups is 2. The summed E-state index contributed by atoms with van der Waals surface area (Å²) in [7, 11) is 1.55. The highest BCUT2D eigenvalue weighted by Crippen LogP contribution is 2.23. The number of para-hydroxylation sites is 2. The lowest BCUT2D eigenvalue weighted by molar-refractivity contribution is -0.116. The maximum absolute atomic E-state index is 12.2. The fraction of sp³-hybridized carbons (Fsp3) is 0.167. The molecule has 0 aliphatic rings. The van der Waals surface area contributed by atoms with E-state index in [1.165, 1.54) is 22.7 Å². The van der Waals surface area contributed by atoms with Crippen molar-refractivity contribution in [1.29, 1.82) is 0 Å². The minimum absolute atomic E-state index is 0.119. The molecule has 0 radical (unpaired) electrons. The monoisotopic (exact) mass is 387 g/mol. The molecular weight excluding hydrogens is 370 g/mol. The molecular formula is C18H17N3O3S2. The van der Waals surface area contributed by atoms with Crippen LogP contribution >= 0.6 is 22.7 Å². The number of thiophene rings is 1. The summed E-state index contributed by atoms with van der Waals surface area (Å²) in [6.07, 6.45) is 0.441. The molecule has 0 spiro atoms. The second kappa shape index (κ2) is 8.59. The number of nitrogens with zero attached hydrogens (tertiary/aromatic N) is 1. The van der Waals surface area contributed by atoms with Gasteiger partial charge in [-0.25, -0.2) is 4.98 Å². The van der Waals surface area contributed by atoms with E-state index in [0.717, 1.165) is 4.88 Å². The molecule has 2 amide bonds. The van der Waals surface area contributed by atoms with E-state index in [9.17, 15) is 9.59 Å². The Morgan fingerprint density at radius 1 is 1.04 bits per heavy atom. The molecule has 2 aromatic heterocycles. The van der Waals surface area contributed by atoms with Gasteiger partial charge < -0.3 is 15.4 Å². The van der Waals surface area contributed by atoms with Crippen molar-refractivity contribution in [3.8, 4) is 5.75 Å². The number of hydrogen-bond acceptors (Lipinski definition) is 6. The van der Waals surface area contributed by atoms with Gasteiger partial charge in [-0.1, -0.05) is 18.2 Å². The first-order chi connectivity index (χ1) is 12.6. The number of nitrogens with one attached hydrogen (secondary N) is 2. The summed E-state index contributed by atoms with van der Waals surface area (Å²) in [6.45, 7) is 0. The summed E-state index contributed by atoms with van der Waals surface area (Å²) in [6, 6.07) is 11.0. The largest absolute Gasteiger partial charge is 0.495 e. The number of hydrogen-bond donors (Lipinski definition) is 2. The summed E-state index contributed by atoms with van der Waals surface area (Å²) in [5.41, 5.74) is 1.22. The van der Waals surface area contributed by atoms with Gasteiger partial charge >= 0.3 is 0 Å². The second-order valence-electron chi connectivity index (χ2n) is 5.37. The SMILES string of the molecule is COc1ccccc1NC(=O)Cc1csc(NC(=O)Cc2cccs2)n1. The minimum Gasteiger partial charge on any atom is -0.495 e. The number of anilines is 2. The standard InChI is InChI=1S/C18H17N3O3S2/c1-24-15-7-3-2-6-14(15)20-16(22)9-12-11-26-18(19-12)21-17(23)10-13-5-4-8-25-13/h2-8,11H,9-10H2,1H3,(H,20,22)(H,19,21,23). The number of methoxy groups -OCH3 is 1. The summed E-state index contributed by atoms with van der Waals surface area (Å²) in [5, 5.41) is 9.76. The van der Waals surface area contributed by atoms with Crippen molar-refractivity contribution < 1.29 is 14.3 Å². The molecule has 26 heavy (non-hydrogen) atoms. The van der Waals surface area contributed by atoms with Gasteiger partial charge in [0.2, 0.25) is 11.8 Å². The number of amides is 2. The summed E-state index contributed by atoms with van der Waals surface area (Å²) in [5.74, 6) is 0.281. The zero-order valence-electron chi connectivity index (χ0n) is 14.0. The van der Waals surface area contributed by atoms with Crippen molar-refractivity contribution in [2.24, 2.45) is 0 Å². The second-order valence-corrected chi connectivity index (χ2v) is 7.26. The van der Waals surface area contributed by atoms with Gasteiger partial charge in [0.15, 0.2) is 5.13 Å². The Morgan fingerprint density at radius 3 is 2.62 bits per heavy atom. The molecule has 2 N–H and O–H groups in total. The van der Waals surface area contributed by atoms with Crippen LogP contribution in [0.1, 0.15) is 10.6 Å². The molecule has 0 bridgehead atoms. The van der Waals surface area contributed by atoms with Crippen LogP contribution in [0, 0.1) is 0 Å². The van der Waals surface area contributed by atoms with E-state index >= 15 is 0 Å². The molecule has 8 heteroatoms. The van der Waals surface area contributed by atoms with Gasteiger partial charge in [0.1, 0.15) is 5.75 Å². The van der Waals surface area contributed by atoms with Gasteiger partial charge in [0.05, 0.1) is 31.3 Å². The molecule has 0 aliphatic carbocycles. The lowest BCUT2D eigenvalue weighted by Crippen LogP contribution is -2.16. The lowest BCUT2D eigenvalue weighted by atomic mass is 10.2. The molecule has 0 saturated carbocycles. The third-order valence-corrected chi connectivity index (χ3v) is 5.12. The van der Waals surface area contributed by atoms with Gasteiger partial charge in [-0.15, -0.1) is 22.7 Å². The Kier molecular flexibility index (Phi) is 5.98. The fourth-order valence-corrected chi connectivity index (χ4v) is 3.72. The number of carbonyl (C=O) groups excluding carboxylic acids is 2. The maximum atomic E-state index is 12.2. The normalized spacial score (nSPS) is 10.3. The van der Waals surface area contributed by atoms with E-state index in [4.69, 9.17) is 4.74 Å². The zero-order valence-corrected chi connectivity index (χ0v) is 15.7. The van der Waals surface area contributed by atoms with Gasteiger partial charge in [0, 0.05) is 10.3 Å². The highest BCUT2D eigenvalue weighted by molar-refractivity contribution is 7.14. The predicted octanol–water partition coefficient (Wildman–Crippen LogP) is 3.58. The molecule has 3 aromatic rings. The van der Waals surface area contributed by atoms with Gasteiger partial charge in [-0.2, -0.15) is 0 Å². The smallest absolute Gasteiger partial charge is 0.231 e. The van der Waals surface area contributed by atoms with Crippen LogP contribution < -0.4 is 15.4 Å². The number of ether oxygens (including phenoxy) is 1. The molecule has 0 unspecified atom stereocenters. The third-order valence-electron chi connectivity index (χ3n) is 3.44. The molecule has 0 aliphatic heterocycles. The quantitative estimate of drug-likeness (QED) is 0.649. The van der Waals surface area contributed by atoms with Crippen molar-refractivity contribution in [3.05, 3.63) is 57.7 Å². The summed E-state index contributed by atoms with van der Waals surface area (Å²) in [4.78, 5) is 29.5. The average molecular weight is 387 g/mol. The van der Waals surface area contributed by atoms with E-state index in [2.05, 4.69) is 15.6 Å². The van der Waals surface area contributed by atoms with Gasteiger partial charge in [0.25, 0.3) is 0 Å². The Bertz CT molecular complexity index is 891. The molecule has 134 valence electrons. The number of thiazole rings is 1. The van der Waals surface area contributed by atoms with Crippen LogP contribution in [-0.4, -0.2) is 23.9 Å². The van der Waals surface area contributed by atoms with E-state index in [1.807, 2.05) is 29.6 Å². The van der Waals surface area contributed by atoms with Crippen molar-refractivity contribution in [2.45, 2.75) is 12.8 Å². The van der Waals surface area contributed by atoms with Crippen LogP contribution in [0.5, 0.6) is 5.75 Å². The molecule has 0 saturated heterocycles. The molecule has 0 atom stereocenters. The van der Waals surface area contributed by atoms with Crippen molar-refractivity contribution in [2.75, 3.05) is 17.7 Å². The van der Waals surface area contributed by atoms with Crippen molar-refractivity contribution in [3.63, 3.8) is 0 Å². The Labute approximate surface area is 158 Å². The van der Waals surface area contributed by atoms with Crippen molar-refractivity contribution >= 4 is 45.3 Å². The first-order valence-electron chi connectivity index (χ1n) is 7.83. The van der Waals surface area contributed by atoms with Crippen LogP contribution in [0.15, 0.2) is 47.2 Å². The Morgan fingerprint density at radius 2 is 1.85 bits per heavy atom. The first kappa shape index (κ1) is 18.1. The van der Waals surface area contributed by atoms with E-state index in [-0.39, 0.29) is 18.2 Å². The fourth-order valence-electron chi connectivity index (χ4n) is 2.29. The molecule has 1 aromatic carbocycles. The minimum atomic E-state index is -0.198. The van der Waals surface area contributed by atoms with E-state index in [0.29, 0.717) is 28.7 Å². The maximum Gasteiger partial charge on any atom is 0.231 e. The lowest BCUT2D eigenvalue weighted by Gasteiger charge is -2.08. The number of aromatic nitrogens is 1. The Hall–Kier alpha value is -2.71. The van der Waals surface area contributed by atoms with Crippen LogP contribution in [0.3, 0.4) is 0 Å². The third kappa shape index (κ3) is 4.90. The van der Waals surface area contributed by atoms with E-state index < -0.39 is 0 Å². The number of benzene rings is 1. The molecule has 0 fully saturated rings. The van der Waals surface area contributed by atoms with Crippen LogP contribution in [0.25, 0.3) is 0 Å². The number of rotatable bonds is 7. The highest BCUT2D eigenvalue weighted by Gasteiger charge is 2.12. The topological polar surface area (TPSA) is 80.3 Å². The zero-order chi connectivity index (χ0) is 18.4. The Balaban J connectivity index is 1.54. The van der Waals surface area contributed by atoms with Crippen LogP contribution in [0.4, 0.5) is 10.8 Å². The predicted molar refractivity (Wildman–Crippen MR) is 104 cm³/mol. The molecule has 3 rings (SSSR count). The van der Waals surface area contributed by atoms with E-state index in [1.54, 1.807) is 24.6 Å². The highest BCUT2D eigenvalue weighted by atomic mass is 32.1. The average Bonchev–Trinajstić information content (AvgIpc) is 3.27. The van der Waals surface area contributed by atoms with Crippen molar-refractivity contribution in [1.82, 2.24) is 4.98 Å². The first-order valence-corrected chi connectivity index (χ1v) is 9.59. The summed E-state index contributed by atoms with van der Waals surface area (Å²) >= 11 is 2.84. The van der Waals surface area contributed by atoms with Crippen LogP contribution in [0.2, 0.25) is 0 Å². The molecule has 2 heterocycles. The van der Waals surface area contributed by atoms with Gasteiger partial charge in [-0.05, 0) is 23.6 Å². The van der Waals surface area contributed by atoms with Gasteiger partial charge in [-0.3, -0.25) is 9.59 Å². The summed E-state index contributed by atoms with van der Waals surface area (Å²) < 4.78 is 5.21. The van der Waals surface area contributed by atoms with Crippen LogP contribution in [-0.2, 0) is 22.4 Å². The molecule has 6 nitrogen and oxygen atoms in total.